The van der Waals surface area contributed by atoms with Gasteiger partial charge >= 0.3 is 5.76 Å². The number of oxazole rings is 1. The van der Waals surface area contributed by atoms with Gasteiger partial charge in [0.05, 0.1) is 5.52 Å². The normalized spacial score (nSPS) is 11.3. The second kappa shape index (κ2) is 4.44. The summed E-state index contributed by atoms with van der Waals surface area (Å²) in [4.78, 5) is 17.2. The molecule has 2 heterocycles. The van der Waals surface area contributed by atoms with Gasteiger partial charge in [0.25, 0.3) is 0 Å². The van der Waals surface area contributed by atoms with Crippen molar-refractivity contribution >= 4 is 11.1 Å². The van der Waals surface area contributed by atoms with Crippen LogP contribution in [-0.2, 0) is 6.54 Å². The van der Waals surface area contributed by atoms with E-state index < -0.39 is 5.76 Å². The van der Waals surface area contributed by atoms with Crippen LogP contribution in [0.2, 0.25) is 0 Å². The van der Waals surface area contributed by atoms with E-state index in [0.29, 0.717) is 11.1 Å². The van der Waals surface area contributed by atoms with Crippen molar-refractivity contribution in [2.45, 2.75) is 13.5 Å². The molecule has 0 saturated heterocycles. The highest BCUT2D eigenvalue weighted by molar-refractivity contribution is 5.79. The first-order valence-corrected chi connectivity index (χ1v) is 6.13. The number of nitrogens with one attached hydrogen (secondary N) is 3. The Morgan fingerprint density at radius 2 is 2.11 bits per heavy atom. The molecule has 3 rings (SSSR count). The molecule has 0 saturated carbocycles. The van der Waals surface area contributed by atoms with Crippen molar-refractivity contribution in [3.8, 4) is 11.3 Å². The van der Waals surface area contributed by atoms with Crippen molar-refractivity contribution in [1.82, 2.24) is 15.3 Å². The molecule has 0 amide bonds. The number of aryl methyl sites for hydroxylation is 1. The topological polar surface area (TPSA) is 73.8 Å². The van der Waals surface area contributed by atoms with Crippen molar-refractivity contribution < 1.29 is 4.42 Å². The number of benzene rings is 1. The number of fused-ring (bicyclic) bond motifs is 1. The average Bonchev–Trinajstić information content (AvgIpc) is 2.91. The lowest BCUT2D eigenvalue weighted by Crippen LogP contribution is -2.04. The Balaban J connectivity index is 2.07. The summed E-state index contributed by atoms with van der Waals surface area (Å²) in [6.07, 6.45) is 0. The van der Waals surface area contributed by atoms with E-state index in [-0.39, 0.29) is 0 Å². The minimum absolute atomic E-state index is 0.425. The van der Waals surface area contributed by atoms with Crippen LogP contribution in [0.25, 0.3) is 22.4 Å². The number of H-pyrrole nitrogens is 2. The molecule has 0 radical (unpaired) electrons. The third-order valence-electron chi connectivity index (χ3n) is 3.22. The van der Waals surface area contributed by atoms with E-state index in [9.17, 15) is 4.79 Å². The summed E-state index contributed by atoms with van der Waals surface area (Å²) in [5.74, 6) is -0.425. The minimum atomic E-state index is -0.425. The highest BCUT2D eigenvalue weighted by atomic mass is 16.4. The third kappa shape index (κ3) is 2.08. The Morgan fingerprint density at radius 3 is 2.89 bits per heavy atom. The second-order valence-electron chi connectivity index (χ2n) is 4.59. The summed E-state index contributed by atoms with van der Waals surface area (Å²) in [7, 11) is 1.92. The maximum absolute atomic E-state index is 11.1. The molecule has 0 fully saturated rings. The zero-order chi connectivity index (χ0) is 13.4. The van der Waals surface area contributed by atoms with Crippen LogP contribution in [0.15, 0.2) is 33.5 Å². The smallest absolute Gasteiger partial charge is 0.408 e. The average molecular weight is 257 g/mol. The SMILES string of the molecule is CNCc1cc(-c2ccc3oc(=O)[nH]c3c2)[nH]c1C. The summed E-state index contributed by atoms with van der Waals surface area (Å²) < 4.78 is 4.99. The standard InChI is InChI=1S/C14H15N3O2/c1-8-10(7-15-2)6-11(16-8)9-3-4-13-12(5-9)17-14(18)19-13/h3-6,15-16H,7H2,1-2H3,(H,17,18). The highest BCUT2D eigenvalue weighted by Gasteiger charge is 2.08. The zero-order valence-corrected chi connectivity index (χ0v) is 10.8. The van der Waals surface area contributed by atoms with E-state index in [1.807, 2.05) is 19.2 Å². The van der Waals surface area contributed by atoms with Gasteiger partial charge in [-0.05, 0) is 43.8 Å². The van der Waals surface area contributed by atoms with Gasteiger partial charge < -0.3 is 14.7 Å². The Kier molecular flexibility index (Phi) is 2.76. The fourth-order valence-electron chi connectivity index (χ4n) is 2.25. The maximum atomic E-state index is 11.1. The van der Waals surface area contributed by atoms with Crippen molar-refractivity contribution in [1.29, 1.82) is 0 Å². The molecule has 1 aromatic carbocycles. The van der Waals surface area contributed by atoms with Crippen molar-refractivity contribution in [2.75, 3.05) is 7.05 Å². The Labute approximate surface area is 109 Å². The molecule has 0 bridgehead atoms. The van der Waals surface area contributed by atoms with Gasteiger partial charge in [0.15, 0.2) is 5.58 Å². The van der Waals surface area contributed by atoms with Gasteiger partial charge in [-0.1, -0.05) is 0 Å². The third-order valence-corrected chi connectivity index (χ3v) is 3.22. The molecule has 0 aliphatic carbocycles. The van der Waals surface area contributed by atoms with Crippen LogP contribution in [0.4, 0.5) is 0 Å². The molecule has 0 unspecified atom stereocenters. The molecule has 0 spiro atoms. The molecule has 3 N–H and O–H groups in total. The number of aromatic nitrogens is 2. The first-order chi connectivity index (χ1) is 9.17. The van der Waals surface area contributed by atoms with Gasteiger partial charge in [0.1, 0.15) is 0 Å². The van der Waals surface area contributed by atoms with Crippen LogP contribution in [-0.4, -0.2) is 17.0 Å². The van der Waals surface area contributed by atoms with Gasteiger partial charge in [0, 0.05) is 23.5 Å². The second-order valence-corrected chi connectivity index (χ2v) is 4.59. The van der Waals surface area contributed by atoms with Gasteiger partial charge in [-0.2, -0.15) is 0 Å². The van der Waals surface area contributed by atoms with Gasteiger partial charge in [-0.3, -0.25) is 4.98 Å². The van der Waals surface area contributed by atoms with E-state index in [2.05, 4.69) is 28.3 Å². The number of rotatable bonds is 3. The maximum Gasteiger partial charge on any atom is 0.417 e. The van der Waals surface area contributed by atoms with Crippen LogP contribution in [0.3, 0.4) is 0 Å². The first-order valence-electron chi connectivity index (χ1n) is 6.13. The Hall–Kier alpha value is -2.27. The molecule has 0 aliphatic heterocycles. The predicted octanol–water partition coefficient (Wildman–Crippen LogP) is 2.14. The molecule has 0 atom stereocenters. The monoisotopic (exact) mass is 257 g/mol. The molecular weight excluding hydrogens is 242 g/mol. The number of aromatic amines is 2. The fraction of sp³-hybridized carbons (Fsp3) is 0.214. The van der Waals surface area contributed by atoms with Crippen molar-refractivity contribution in [2.24, 2.45) is 0 Å². The zero-order valence-electron chi connectivity index (χ0n) is 10.8. The fourth-order valence-corrected chi connectivity index (χ4v) is 2.25. The van der Waals surface area contributed by atoms with E-state index in [0.717, 1.165) is 23.5 Å². The summed E-state index contributed by atoms with van der Waals surface area (Å²) in [5, 5.41) is 3.14. The first kappa shape index (κ1) is 11.8. The molecular formula is C14H15N3O2. The Bertz CT molecular complexity index is 779. The lowest BCUT2D eigenvalue weighted by Gasteiger charge is -1.97. The summed E-state index contributed by atoms with van der Waals surface area (Å²) in [5.41, 5.74) is 5.72. The van der Waals surface area contributed by atoms with Crippen molar-refractivity contribution in [3.63, 3.8) is 0 Å². The molecule has 2 aromatic heterocycles. The van der Waals surface area contributed by atoms with Gasteiger partial charge in [-0.25, -0.2) is 4.79 Å². The Morgan fingerprint density at radius 1 is 1.26 bits per heavy atom. The molecule has 19 heavy (non-hydrogen) atoms. The summed E-state index contributed by atoms with van der Waals surface area (Å²) >= 11 is 0. The van der Waals surface area contributed by atoms with Crippen LogP contribution < -0.4 is 11.1 Å². The van der Waals surface area contributed by atoms with Crippen LogP contribution >= 0.6 is 0 Å². The summed E-state index contributed by atoms with van der Waals surface area (Å²) in [6.45, 7) is 2.88. The van der Waals surface area contributed by atoms with E-state index in [4.69, 9.17) is 4.42 Å². The van der Waals surface area contributed by atoms with Crippen LogP contribution in [0.5, 0.6) is 0 Å². The number of hydrogen-bond acceptors (Lipinski definition) is 3. The minimum Gasteiger partial charge on any atom is -0.408 e. The van der Waals surface area contributed by atoms with Crippen LogP contribution in [0.1, 0.15) is 11.3 Å². The molecule has 0 aliphatic rings. The largest absolute Gasteiger partial charge is 0.417 e. The molecule has 5 heteroatoms. The molecule has 5 nitrogen and oxygen atoms in total. The highest BCUT2D eigenvalue weighted by Crippen LogP contribution is 2.24. The summed E-state index contributed by atoms with van der Waals surface area (Å²) in [6, 6.07) is 7.77. The number of hydrogen-bond donors (Lipinski definition) is 3. The van der Waals surface area contributed by atoms with E-state index in [1.165, 1.54) is 5.56 Å². The van der Waals surface area contributed by atoms with Gasteiger partial charge in [0.2, 0.25) is 0 Å². The molecule has 98 valence electrons. The van der Waals surface area contributed by atoms with E-state index in [1.54, 1.807) is 6.07 Å². The molecule has 3 aromatic rings. The van der Waals surface area contributed by atoms with Crippen LogP contribution in [0, 0.1) is 6.92 Å². The van der Waals surface area contributed by atoms with E-state index >= 15 is 0 Å². The van der Waals surface area contributed by atoms with Gasteiger partial charge in [-0.15, -0.1) is 0 Å². The lowest BCUT2D eigenvalue weighted by molar-refractivity contribution is 0.555. The van der Waals surface area contributed by atoms with Crippen molar-refractivity contribution in [3.05, 3.63) is 46.1 Å². The quantitative estimate of drug-likeness (QED) is 0.673. The lowest BCUT2D eigenvalue weighted by atomic mass is 10.1. The predicted molar refractivity (Wildman–Crippen MR) is 74.1 cm³/mol.